The Hall–Kier alpha value is -2.09. The minimum Gasteiger partial charge on any atom is -0.350 e. The number of carbonyl (C=O) groups excluding carboxylic acids is 1. The van der Waals surface area contributed by atoms with E-state index in [-0.39, 0.29) is 11.9 Å². The lowest BCUT2D eigenvalue weighted by Gasteiger charge is -2.17. The van der Waals surface area contributed by atoms with Gasteiger partial charge in [0.2, 0.25) is 5.91 Å². The number of rotatable bonds is 11. The Morgan fingerprint density at radius 1 is 1.04 bits per heavy atom. The van der Waals surface area contributed by atoms with E-state index in [0.29, 0.717) is 6.42 Å². The monoisotopic (exact) mass is 363 g/mol. The first-order chi connectivity index (χ1) is 13.2. The number of benzene rings is 2. The number of nitrogens with one attached hydrogen (secondary N) is 1. The van der Waals surface area contributed by atoms with Crippen LogP contribution >= 0.6 is 0 Å². The zero-order valence-electron chi connectivity index (χ0n) is 16.7. The Morgan fingerprint density at radius 2 is 1.74 bits per heavy atom. The minimum absolute atomic E-state index is 0.0568. The number of hydrogen-bond donors (Lipinski definition) is 1. The van der Waals surface area contributed by atoms with E-state index in [1.165, 1.54) is 53.1 Å². The molecule has 2 aromatic rings. The normalized spacial score (nSPS) is 13.7. The van der Waals surface area contributed by atoms with Crippen molar-refractivity contribution in [2.45, 2.75) is 77.2 Å². The van der Waals surface area contributed by atoms with Crippen molar-refractivity contribution in [2.75, 3.05) is 0 Å². The van der Waals surface area contributed by atoms with Crippen molar-refractivity contribution in [2.24, 2.45) is 0 Å². The second-order valence-electron chi connectivity index (χ2n) is 7.89. The first-order valence-electron chi connectivity index (χ1n) is 10.6. The molecule has 0 unspecified atom stereocenters. The number of unbranched alkanes of at least 4 members (excludes halogenated alkanes) is 6. The predicted molar refractivity (Wildman–Crippen MR) is 115 cm³/mol. The van der Waals surface area contributed by atoms with E-state index < -0.39 is 0 Å². The van der Waals surface area contributed by atoms with Crippen LogP contribution < -0.4 is 5.32 Å². The molecule has 3 rings (SSSR count). The molecule has 2 aromatic carbocycles. The second-order valence-corrected chi connectivity index (χ2v) is 7.89. The van der Waals surface area contributed by atoms with Gasteiger partial charge in [-0.25, -0.2) is 0 Å². The average molecular weight is 364 g/mol. The van der Waals surface area contributed by atoms with Gasteiger partial charge in [0.15, 0.2) is 0 Å². The molecule has 0 fully saturated rings. The van der Waals surface area contributed by atoms with Crippen molar-refractivity contribution in [3.8, 4) is 0 Å². The van der Waals surface area contributed by atoms with Crippen molar-refractivity contribution < 1.29 is 4.79 Å². The fraction of sp³-hybridized carbons (Fsp3) is 0.480. The van der Waals surface area contributed by atoms with E-state index in [1.807, 2.05) is 6.08 Å². The lowest BCUT2D eigenvalue weighted by atomic mass is 9.96. The maximum Gasteiger partial charge on any atom is 0.220 e. The van der Waals surface area contributed by atoms with Gasteiger partial charge in [0, 0.05) is 6.42 Å². The van der Waals surface area contributed by atoms with Crippen LogP contribution in [0.15, 0.2) is 43.0 Å². The highest BCUT2D eigenvalue weighted by molar-refractivity contribution is 5.93. The lowest BCUT2D eigenvalue weighted by molar-refractivity contribution is -0.121. The van der Waals surface area contributed by atoms with E-state index in [4.69, 9.17) is 0 Å². The highest BCUT2D eigenvalue weighted by Gasteiger charge is 2.18. The SMILES string of the molecule is C=CCCCCCCCCC(=O)N[C@H](C)c1ccc2c3c(cccc13)CC2. The summed E-state index contributed by atoms with van der Waals surface area (Å²) in [6, 6.07) is 11.1. The van der Waals surface area contributed by atoms with Gasteiger partial charge in [0.25, 0.3) is 0 Å². The molecule has 1 aliphatic carbocycles. The van der Waals surface area contributed by atoms with Crippen molar-refractivity contribution >= 4 is 16.7 Å². The van der Waals surface area contributed by atoms with Crippen molar-refractivity contribution in [1.29, 1.82) is 0 Å². The molecule has 0 radical (unpaired) electrons. The Kier molecular flexibility index (Phi) is 7.09. The van der Waals surface area contributed by atoms with E-state index in [9.17, 15) is 4.79 Å². The first kappa shape index (κ1) is 19.7. The summed E-state index contributed by atoms with van der Waals surface area (Å²) >= 11 is 0. The fourth-order valence-corrected chi connectivity index (χ4v) is 4.32. The van der Waals surface area contributed by atoms with Gasteiger partial charge < -0.3 is 5.32 Å². The van der Waals surface area contributed by atoms with Crippen molar-refractivity contribution in [3.05, 3.63) is 59.7 Å². The van der Waals surface area contributed by atoms with Gasteiger partial charge in [0.05, 0.1) is 6.04 Å². The van der Waals surface area contributed by atoms with E-state index in [1.54, 1.807) is 0 Å². The van der Waals surface area contributed by atoms with Gasteiger partial charge in [0.1, 0.15) is 0 Å². The van der Waals surface area contributed by atoms with Gasteiger partial charge in [-0.3, -0.25) is 4.79 Å². The van der Waals surface area contributed by atoms with Gasteiger partial charge in [-0.05, 0) is 66.5 Å². The topological polar surface area (TPSA) is 29.1 Å². The summed E-state index contributed by atoms with van der Waals surface area (Å²) in [4.78, 5) is 12.4. The van der Waals surface area contributed by atoms with Gasteiger partial charge in [-0.15, -0.1) is 6.58 Å². The van der Waals surface area contributed by atoms with E-state index >= 15 is 0 Å². The third kappa shape index (κ3) is 5.00. The first-order valence-corrected chi connectivity index (χ1v) is 10.6. The summed E-state index contributed by atoms with van der Waals surface area (Å²) in [5, 5.41) is 5.95. The molecule has 0 bridgehead atoms. The number of amides is 1. The van der Waals surface area contributed by atoms with Crippen LogP contribution in [0.5, 0.6) is 0 Å². The second kappa shape index (κ2) is 9.73. The third-order valence-corrected chi connectivity index (χ3v) is 5.82. The van der Waals surface area contributed by atoms with Gasteiger partial charge in [-0.1, -0.05) is 62.1 Å². The molecule has 27 heavy (non-hydrogen) atoms. The maximum absolute atomic E-state index is 12.4. The predicted octanol–water partition coefficient (Wildman–Crippen LogP) is 6.42. The van der Waals surface area contributed by atoms with E-state index in [0.717, 1.165) is 32.1 Å². The van der Waals surface area contributed by atoms with Crippen LogP contribution in [0.25, 0.3) is 10.8 Å². The average Bonchev–Trinajstić information content (AvgIpc) is 3.09. The Balaban J connectivity index is 1.47. The molecule has 1 aliphatic rings. The molecule has 0 spiro atoms. The lowest BCUT2D eigenvalue weighted by Crippen LogP contribution is -2.26. The van der Waals surface area contributed by atoms with E-state index in [2.05, 4.69) is 49.2 Å². The molecule has 0 saturated heterocycles. The summed E-state index contributed by atoms with van der Waals surface area (Å²) in [5.41, 5.74) is 4.15. The molecule has 1 N–H and O–H groups in total. The summed E-state index contributed by atoms with van der Waals surface area (Å²) in [5.74, 6) is 0.178. The molecule has 2 nitrogen and oxygen atoms in total. The number of aryl methyl sites for hydroxylation is 2. The zero-order valence-corrected chi connectivity index (χ0v) is 16.7. The quantitative estimate of drug-likeness (QED) is 0.362. The summed E-state index contributed by atoms with van der Waals surface area (Å²) in [6.07, 6.45) is 13.2. The molecule has 2 heteroatoms. The third-order valence-electron chi connectivity index (χ3n) is 5.82. The molecular weight excluding hydrogens is 330 g/mol. The van der Waals surface area contributed by atoms with Gasteiger partial charge in [-0.2, -0.15) is 0 Å². The molecule has 0 aromatic heterocycles. The van der Waals surface area contributed by atoms with Crippen LogP contribution in [-0.4, -0.2) is 5.91 Å². The highest BCUT2D eigenvalue weighted by atomic mass is 16.1. The Labute approximate surface area is 164 Å². The molecule has 0 saturated carbocycles. The van der Waals surface area contributed by atoms with Crippen LogP contribution in [0, 0.1) is 0 Å². The van der Waals surface area contributed by atoms with Gasteiger partial charge >= 0.3 is 0 Å². The number of hydrogen-bond acceptors (Lipinski definition) is 1. The molecule has 0 aliphatic heterocycles. The van der Waals surface area contributed by atoms with Crippen LogP contribution in [0.2, 0.25) is 0 Å². The maximum atomic E-state index is 12.4. The highest BCUT2D eigenvalue weighted by Crippen LogP contribution is 2.34. The fourth-order valence-electron chi connectivity index (χ4n) is 4.32. The Bertz CT molecular complexity index is 782. The largest absolute Gasteiger partial charge is 0.350 e. The van der Waals surface area contributed by atoms with Crippen LogP contribution in [0.3, 0.4) is 0 Å². The van der Waals surface area contributed by atoms with Crippen molar-refractivity contribution in [3.63, 3.8) is 0 Å². The Morgan fingerprint density at radius 3 is 2.52 bits per heavy atom. The summed E-state index contributed by atoms with van der Waals surface area (Å²) in [6.45, 7) is 5.86. The molecule has 144 valence electrons. The van der Waals surface area contributed by atoms with Crippen LogP contribution in [-0.2, 0) is 17.6 Å². The number of allylic oxidation sites excluding steroid dienone is 1. The minimum atomic E-state index is 0.0568. The molecule has 1 amide bonds. The van der Waals surface area contributed by atoms with Crippen molar-refractivity contribution in [1.82, 2.24) is 5.32 Å². The number of carbonyl (C=O) groups is 1. The van der Waals surface area contributed by atoms with Crippen LogP contribution in [0.4, 0.5) is 0 Å². The summed E-state index contributed by atoms with van der Waals surface area (Å²) < 4.78 is 0. The zero-order chi connectivity index (χ0) is 19.1. The molecular formula is C25H33NO. The molecule has 0 heterocycles. The summed E-state index contributed by atoms with van der Waals surface area (Å²) in [7, 11) is 0. The molecule has 1 atom stereocenters. The smallest absolute Gasteiger partial charge is 0.220 e. The van der Waals surface area contributed by atoms with Crippen LogP contribution in [0.1, 0.15) is 81.0 Å². The standard InChI is InChI=1S/C25H33NO/c1-3-4-5-6-7-8-9-10-14-24(27)26-19(2)22-18-17-21-16-15-20-12-11-13-23(22)25(20)21/h3,11-13,17-19H,1,4-10,14-16H2,2H3,(H,26,27)/t19-/m1/s1.